The van der Waals surface area contributed by atoms with Crippen LogP contribution in [-0.2, 0) is 4.74 Å². The maximum atomic E-state index is 11.8. The van der Waals surface area contributed by atoms with E-state index in [1.165, 1.54) is 43.5 Å². The highest BCUT2D eigenvalue weighted by atomic mass is 16.6. The van der Waals surface area contributed by atoms with Gasteiger partial charge in [-0.1, -0.05) is 33.1 Å². The van der Waals surface area contributed by atoms with Crippen LogP contribution in [0, 0.1) is 16.0 Å². The van der Waals surface area contributed by atoms with E-state index in [2.05, 4.69) is 19.2 Å². The lowest BCUT2D eigenvalue weighted by molar-refractivity contribution is -0.384. The van der Waals surface area contributed by atoms with Crippen molar-refractivity contribution in [1.29, 1.82) is 0 Å². The molecule has 1 N–H and O–H groups in total. The number of ether oxygens (including phenoxy) is 1. The first-order valence-electron chi connectivity index (χ1n) is 8.20. The minimum absolute atomic E-state index is 0.0408. The van der Waals surface area contributed by atoms with Crippen LogP contribution in [0.2, 0.25) is 0 Å². The molecule has 23 heavy (non-hydrogen) atoms. The zero-order chi connectivity index (χ0) is 17.1. The van der Waals surface area contributed by atoms with Gasteiger partial charge in [0.2, 0.25) is 0 Å². The first kappa shape index (κ1) is 19.1. The Morgan fingerprint density at radius 1 is 1.30 bits per heavy atom. The maximum absolute atomic E-state index is 11.8. The van der Waals surface area contributed by atoms with Gasteiger partial charge in [-0.25, -0.2) is 4.79 Å². The average Bonchev–Trinajstić information content (AvgIpc) is 2.57. The molecule has 0 aromatic heterocycles. The molecule has 0 saturated heterocycles. The molecule has 0 saturated carbocycles. The van der Waals surface area contributed by atoms with Gasteiger partial charge >= 0.3 is 5.97 Å². The molecule has 0 aliphatic heterocycles. The van der Waals surface area contributed by atoms with Crippen molar-refractivity contribution >= 4 is 11.7 Å². The summed E-state index contributed by atoms with van der Waals surface area (Å²) >= 11 is 0. The van der Waals surface area contributed by atoms with E-state index in [9.17, 15) is 14.9 Å². The normalized spacial score (nSPS) is 11.9. The summed E-state index contributed by atoms with van der Waals surface area (Å²) in [5, 5.41) is 13.9. The molecule has 1 aromatic rings. The van der Waals surface area contributed by atoms with E-state index in [1.54, 1.807) is 0 Å². The van der Waals surface area contributed by atoms with Gasteiger partial charge in [0.15, 0.2) is 0 Å². The molecule has 0 spiro atoms. The standard InChI is InChI=1S/C17H26N2O4/c1-3-5-6-14(4-2)13-18-11-12-23-17(20)15-7-9-16(10-8-15)19(21)22/h7-10,14,18H,3-6,11-13H2,1-2H3. The van der Waals surface area contributed by atoms with Crippen molar-refractivity contribution in [1.82, 2.24) is 5.32 Å². The number of nitro groups is 1. The average molecular weight is 322 g/mol. The number of carbonyl (C=O) groups excluding carboxylic acids is 1. The van der Waals surface area contributed by atoms with Gasteiger partial charge in [0.05, 0.1) is 10.5 Å². The predicted molar refractivity (Wildman–Crippen MR) is 89.6 cm³/mol. The molecular weight excluding hydrogens is 296 g/mol. The van der Waals surface area contributed by atoms with Gasteiger partial charge in [0.1, 0.15) is 6.61 Å². The van der Waals surface area contributed by atoms with E-state index < -0.39 is 10.9 Å². The minimum atomic E-state index is -0.498. The van der Waals surface area contributed by atoms with Crippen molar-refractivity contribution in [3.63, 3.8) is 0 Å². The second-order valence-corrected chi connectivity index (χ2v) is 5.56. The number of rotatable bonds is 11. The predicted octanol–water partition coefficient (Wildman–Crippen LogP) is 3.56. The highest BCUT2D eigenvalue weighted by molar-refractivity contribution is 5.89. The molecule has 0 aliphatic carbocycles. The second kappa shape index (κ2) is 10.7. The van der Waals surface area contributed by atoms with E-state index >= 15 is 0 Å². The summed E-state index contributed by atoms with van der Waals surface area (Å²) < 4.78 is 5.15. The summed E-state index contributed by atoms with van der Waals surface area (Å²) in [6, 6.07) is 5.42. The number of nitrogens with zero attached hydrogens (tertiary/aromatic N) is 1. The summed E-state index contributed by atoms with van der Waals surface area (Å²) in [6.45, 7) is 6.22. The Morgan fingerprint density at radius 3 is 2.57 bits per heavy atom. The van der Waals surface area contributed by atoms with E-state index in [-0.39, 0.29) is 5.69 Å². The van der Waals surface area contributed by atoms with Gasteiger partial charge in [-0.15, -0.1) is 0 Å². The lowest BCUT2D eigenvalue weighted by Gasteiger charge is -2.15. The van der Waals surface area contributed by atoms with Crippen molar-refractivity contribution in [2.24, 2.45) is 5.92 Å². The molecule has 0 bridgehead atoms. The Balaban J connectivity index is 2.24. The number of carbonyl (C=O) groups is 1. The molecule has 1 atom stereocenters. The summed E-state index contributed by atoms with van der Waals surface area (Å²) in [7, 11) is 0. The Kier molecular flexibility index (Phi) is 8.90. The Bertz CT molecular complexity index is 488. The highest BCUT2D eigenvalue weighted by Crippen LogP contribution is 2.13. The molecule has 0 fully saturated rings. The van der Waals surface area contributed by atoms with Crippen molar-refractivity contribution in [3.05, 3.63) is 39.9 Å². The number of unbranched alkanes of at least 4 members (excludes halogenated alkanes) is 1. The molecule has 0 aliphatic rings. The lowest BCUT2D eigenvalue weighted by atomic mass is 9.99. The van der Waals surface area contributed by atoms with Crippen LogP contribution in [0.5, 0.6) is 0 Å². The number of hydrogen-bond donors (Lipinski definition) is 1. The molecule has 6 heteroatoms. The first-order valence-corrected chi connectivity index (χ1v) is 8.20. The number of esters is 1. The fraction of sp³-hybridized carbons (Fsp3) is 0.588. The SMILES string of the molecule is CCCCC(CC)CNCCOC(=O)c1ccc([N+](=O)[O-])cc1. The van der Waals surface area contributed by atoms with Gasteiger partial charge in [-0.2, -0.15) is 0 Å². The van der Waals surface area contributed by atoms with Crippen LogP contribution in [0.25, 0.3) is 0 Å². The number of benzene rings is 1. The quantitative estimate of drug-likeness (QED) is 0.291. The van der Waals surface area contributed by atoms with Gasteiger partial charge in [-0.05, 0) is 31.0 Å². The minimum Gasteiger partial charge on any atom is -0.461 e. The lowest BCUT2D eigenvalue weighted by Crippen LogP contribution is -2.27. The number of hydrogen-bond acceptors (Lipinski definition) is 5. The molecule has 0 heterocycles. The number of nitrogens with one attached hydrogen (secondary N) is 1. The van der Waals surface area contributed by atoms with E-state index in [1.807, 2.05) is 0 Å². The van der Waals surface area contributed by atoms with Gasteiger partial charge in [0.25, 0.3) is 5.69 Å². The van der Waals surface area contributed by atoms with Crippen molar-refractivity contribution in [2.75, 3.05) is 19.7 Å². The van der Waals surface area contributed by atoms with Gasteiger partial charge in [0, 0.05) is 18.7 Å². The molecule has 0 amide bonds. The highest BCUT2D eigenvalue weighted by Gasteiger charge is 2.10. The summed E-state index contributed by atoms with van der Waals surface area (Å²) in [5.41, 5.74) is 0.283. The smallest absolute Gasteiger partial charge is 0.338 e. The fourth-order valence-corrected chi connectivity index (χ4v) is 2.27. The van der Waals surface area contributed by atoms with Gasteiger partial charge < -0.3 is 10.1 Å². The molecule has 128 valence electrons. The van der Waals surface area contributed by atoms with Crippen LogP contribution in [0.1, 0.15) is 49.9 Å². The van der Waals surface area contributed by atoms with E-state index in [4.69, 9.17) is 4.74 Å². The third-order valence-electron chi connectivity index (χ3n) is 3.80. The second-order valence-electron chi connectivity index (χ2n) is 5.56. The summed E-state index contributed by atoms with van der Waals surface area (Å²) in [4.78, 5) is 21.9. The van der Waals surface area contributed by atoms with Crippen LogP contribution in [0.15, 0.2) is 24.3 Å². The van der Waals surface area contributed by atoms with Gasteiger partial charge in [-0.3, -0.25) is 10.1 Å². The summed E-state index contributed by atoms with van der Waals surface area (Å²) in [6.07, 6.45) is 4.83. The van der Waals surface area contributed by atoms with Crippen molar-refractivity contribution in [3.8, 4) is 0 Å². The van der Waals surface area contributed by atoms with Crippen LogP contribution >= 0.6 is 0 Å². The third kappa shape index (κ3) is 7.23. The Labute approximate surface area is 137 Å². The maximum Gasteiger partial charge on any atom is 0.338 e. The van der Waals surface area contributed by atoms with E-state index in [0.29, 0.717) is 24.6 Å². The van der Waals surface area contributed by atoms with Crippen LogP contribution in [0.3, 0.4) is 0 Å². The number of non-ortho nitro benzene ring substituents is 1. The third-order valence-corrected chi connectivity index (χ3v) is 3.80. The molecular formula is C17H26N2O4. The summed E-state index contributed by atoms with van der Waals surface area (Å²) in [5.74, 6) is 0.208. The first-order chi connectivity index (χ1) is 11.1. The molecule has 1 aromatic carbocycles. The van der Waals surface area contributed by atoms with Crippen molar-refractivity contribution < 1.29 is 14.5 Å². The molecule has 6 nitrogen and oxygen atoms in total. The monoisotopic (exact) mass is 322 g/mol. The zero-order valence-corrected chi connectivity index (χ0v) is 13.9. The van der Waals surface area contributed by atoms with Crippen molar-refractivity contribution in [2.45, 2.75) is 39.5 Å². The fourth-order valence-electron chi connectivity index (χ4n) is 2.27. The molecule has 1 unspecified atom stereocenters. The van der Waals surface area contributed by atoms with Crippen LogP contribution in [-0.4, -0.2) is 30.6 Å². The van der Waals surface area contributed by atoms with E-state index in [0.717, 1.165) is 13.0 Å². The van der Waals surface area contributed by atoms with Crippen LogP contribution in [0.4, 0.5) is 5.69 Å². The Hall–Kier alpha value is -1.95. The number of nitro benzene ring substituents is 1. The molecule has 1 rings (SSSR count). The zero-order valence-electron chi connectivity index (χ0n) is 13.9. The Morgan fingerprint density at radius 2 is 2.00 bits per heavy atom. The topological polar surface area (TPSA) is 81.5 Å². The molecule has 0 radical (unpaired) electrons. The largest absolute Gasteiger partial charge is 0.461 e. The van der Waals surface area contributed by atoms with Crippen LogP contribution < -0.4 is 5.32 Å².